The number of ether oxygens (including phenoxy) is 1. The van der Waals surface area contributed by atoms with Gasteiger partial charge in [-0.05, 0) is 30.5 Å². The molecular weight excluding hydrogens is 442 g/mol. The highest BCUT2D eigenvalue weighted by Gasteiger charge is 2.30. The molecule has 31 heavy (non-hydrogen) atoms. The first-order chi connectivity index (χ1) is 14.7. The average Bonchev–Trinajstić information content (AvgIpc) is 2.77. The maximum absolute atomic E-state index is 12.7. The van der Waals surface area contributed by atoms with Crippen molar-refractivity contribution in [2.24, 2.45) is 0 Å². The minimum absolute atomic E-state index is 0.126. The molecule has 174 valence electrons. The van der Waals surface area contributed by atoms with E-state index < -0.39 is 20.0 Å². The van der Waals surface area contributed by atoms with Crippen molar-refractivity contribution in [1.82, 2.24) is 13.9 Å². The van der Waals surface area contributed by atoms with Gasteiger partial charge in [0, 0.05) is 25.7 Å². The number of sulfonamides is 2. The summed E-state index contributed by atoms with van der Waals surface area (Å²) in [6.45, 7) is 1.42. The molecule has 1 aromatic carbocycles. The van der Waals surface area contributed by atoms with Gasteiger partial charge in [-0.3, -0.25) is 4.79 Å². The highest BCUT2D eigenvalue weighted by molar-refractivity contribution is 7.89. The van der Waals surface area contributed by atoms with Gasteiger partial charge in [0.05, 0.1) is 30.9 Å². The Morgan fingerprint density at radius 1 is 1.06 bits per heavy atom. The highest BCUT2D eigenvalue weighted by Crippen LogP contribution is 2.24. The summed E-state index contributed by atoms with van der Waals surface area (Å²) < 4.78 is 57.6. The van der Waals surface area contributed by atoms with Crippen LogP contribution in [0.2, 0.25) is 0 Å². The van der Waals surface area contributed by atoms with Gasteiger partial charge in [0.1, 0.15) is 0 Å². The normalized spacial score (nSPS) is 19.4. The van der Waals surface area contributed by atoms with Gasteiger partial charge < -0.3 is 10.1 Å². The van der Waals surface area contributed by atoms with Crippen molar-refractivity contribution in [3.63, 3.8) is 0 Å². The third-order valence-electron chi connectivity index (χ3n) is 5.73. The van der Waals surface area contributed by atoms with E-state index in [0.717, 1.165) is 43.9 Å². The van der Waals surface area contributed by atoms with E-state index in [-0.39, 0.29) is 29.9 Å². The number of amides is 1. The van der Waals surface area contributed by atoms with Crippen LogP contribution in [-0.2, 0) is 36.1 Å². The molecule has 1 saturated heterocycles. The van der Waals surface area contributed by atoms with Crippen LogP contribution < -0.4 is 5.32 Å². The van der Waals surface area contributed by atoms with Crippen molar-refractivity contribution in [3.05, 3.63) is 29.8 Å². The number of morpholine rings is 1. The van der Waals surface area contributed by atoms with Gasteiger partial charge in [-0.25, -0.2) is 16.8 Å². The fourth-order valence-corrected chi connectivity index (χ4v) is 6.51. The third-order valence-corrected chi connectivity index (χ3v) is 8.92. The third kappa shape index (κ3) is 6.48. The Bertz CT molecular complexity index is 951. The standard InChI is InChI=1S/C20H31N3O6S2/c1-30(25,26)23(18-5-3-2-4-6-18)16-20(24)21-15-17-7-9-19(10-8-17)31(27,28)22-11-13-29-14-12-22/h7-10,18H,2-6,11-16H2,1H3,(H,21,24). The summed E-state index contributed by atoms with van der Waals surface area (Å²) in [6.07, 6.45) is 5.73. The van der Waals surface area contributed by atoms with Gasteiger partial charge in [-0.1, -0.05) is 31.4 Å². The van der Waals surface area contributed by atoms with Gasteiger partial charge in [-0.15, -0.1) is 0 Å². The van der Waals surface area contributed by atoms with Gasteiger partial charge in [0.2, 0.25) is 26.0 Å². The lowest BCUT2D eigenvalue weighted by molar-refractivity contribution is -0.121. The van der Waals surface area contributed by atoms with Crippen LogP contribution in [0.15, 0.2) is 29.2 Å². The van der Waals surface area contributed by atoms with Crippen LogP contribution in [0.5, 0.6) is 0 Å². The minimum Gasteiger partial charge on any atom is -0.379 e. The molecule has 1 heterocycles. The summed E-state index contributed by atoms with van der Waals surface area (Å²) in [4.78, 5) is 12.6. The van der Waals surface area contributed by atoms with Crippen LogP contribution in [0.1, 0.15) is 37.7 Å². The fourth-order valence-electron chi connectivity index (χ4n) is 4.00. The lowest BCUT2D eigenvalue weighted by atomic mass is 9.95. The quantitative estimate of drug-likeness (QED) is 0.601. The summed E-state index contributed by atoms with van der Waals surface area (Å²) in [5.74, 6) is -0.374. The predicted molar refractivity (Wildman–Crippen MR) is 116 cm³/mol. The van der Waals surface area contributed by atoms with E-state index in [1.807, 2.05) is 0 Å². The van der Waals surface area contributed by atoms with Gasteiger partial charge in [0.25, 0.3) is 0 Å². The first kappa shape index (κ1) is 24.1. The fraction of sp³-hybridized carbons (Fsp3) is 0.650. The van der Waals surface area contributed by atoms with Crippen LogP contribution in [-0.4, -0.2) is 76.5 Å². The molecular formula is C20H31N3O6S2. The van der Waals surface area contributed by atoms with E-state index in [1.165, 1.54) is 20.7 Å². The number of carbonyl (C=O) groups is 1. The number of nitrogens with one attached hydrogen (secondary N) is 1. The molecule has 0 radical (unpaired) electrons. The number of benzene rings is 1. The Morgan fingerprint density at radius 2 is 1.68 bits per heavy atom. The molecule has 9 nitrogen and oxygen atoms in total. The summed E-state index contributed by atoms with van der Waals surface area (Å²) in [5.41, 5.74) is 0.734. The number of carbonyl (C=O) groups excluding carboxylic acids is 1. The molecule has 0 bridgehead atoms. The molecule has 2 fully saturated rings. The summed E-state index contributed by atoms with van der Waals surface area (Å²) in [7, 11) is -7.05. The molecule has 1 saturated carbocycles. The summed E-state index contributed by atoms with van der Waals surface area (Å²) in [5, 5.41) is 2.74. The highest BCUT2D eigenvalue weighted by atomic mass is 32.2. The van der Waals surface area contributed by atoms with Crippen molar-refractivity contribution in [1.29, 1.82) is 0 Å². The molecule has 1 N–H and O–H groups in total. The molecule has 3 rings (SSSR count). The van der Waals surface area contributed by atoms with Crippen molar-refractivity contribution in [2.45, 2.75) is 49.6 Å². The Kier molecular flexibility index (Phi) is 8.08. The topological polar surface area (TPSA) is 113 Å². The smallest absolute Gasteiger partial charge is 0.243 e. The molecule has 2 aliphatic rings. The van der Waals surface area contributed by atoms with Crippen molar-refractivity contribution < 1.29 is 26.4 Å². The van der Waals surface area contributed by atoms with E-state index >= 15 is 0 Å². The molecule has 11 heteroatoms. The van der Waals surface area contributed by atoms with Crippen LogP contribution in [0.4, 0.5) is 0 Å². The molecule has 0 atom stereocenters. The van der Waals surface area contributed by atoms with Crippen LogP contribution in [0, 0.1) is 0 Å². The van der Waals surface area contributed by atoms with Crippen molar-refractivity contribution >= 4 is 26.0 Å². The number of hydrogen-bond acceptors (Lipinski definition) is 6. The lowest BCUT2D eigenvalue weighted by Gasteiger charge is -2.31. The van der Waals surface area contributed by atoms with Crippen molar-refractivity contribution in [3.8, 4) is 0 Å². The Hall–Kier alpha value is -1.53. The van der Waals surface area contributed by atoms with Crippen LogP contribution >= 0.6 is 0 Å². The zero-order chi connectivity index (χ0) is 22.5. The van der Waals surface area contributed by atoms with Crippen LogP contribution in [0.25, 0.3) is 0 Å². The zero-order valence-electron chi connectivity index (χ0n) is 17.8. The number of nitrogens with zero attached hydrogens (tertiary/aromatic N) is 2. The molecule has 1 aliphatic carbocycles. The van der Waals surface area contributed by atoms with Gasteiger partial charge >= 0.3 is 0 Å². The maximum Gasteiger partial charge on any atom is 0.243 e. The number of hydrogen-bond donors (Lipinski definition) is 1. The van der Waals surface area contributed by atoms with Gasteiger partial charge in [-0.2, -0.15) is 8.61 Å². The van der Waals surface area contributed by atoms with E-state index in [1.54, 1.807) is 12.1 Å². The second-order valence-corrected chi connectivity index (χ2v) is 11.9. The predicted octanol–water partition coefficient (Wildman–Crippen LogP) is 0.918. The van der Waals surface area contributed by atoms with E-state index in [0.29, 0.717) is 26.3 Å². The Labute approximate surface area is 184 Å². The molecule has 1 aromatic rings. The molecule has 1 amide bonds. The lowest BCUT2D eigenvalue weighted by Crippen LogP contribution is -2.46. The van der Waals surface area contributed by atoms with Crippen LogP contribution in [0.3, 0.4) is 0 Å². The van der Waals surface area contributed by atoms with E-state index in [4.69, 9.17) is 4.74 Å². The van der Waals surface area contributed by atoms with E-state index in [9.17, 15) is 21.6 Å². The first-order valence-electron chi connectivity index (χ1n) is 10.6. The monoisotopic (exact) mass is 473 g/mol. The second-order valence-electron chi connectivity index (χ2n) is 8.04. The molecule has 0 unspecified atom stereocenters. The minimum atomic E-state index is -3.56. The molecule has 1 aliphatic heterocycles. The molecule has 0 aromatic heterocycles. The van der Waals surface area contributed by atoms with E-state index in [2.05, 4.69) is 5.32 Å². The zero-order valence-corrected chi connectivity index (χ0v) is 19.5. The largest absolute Gasteiger partial charge is 0.379 e. The van der Waals surface area contributed by atoms with Gasteiger partial charge in [0.15, 0.2) is 0 Å². The Morgan fingerprint density at radius 3 is 2.26 bits per heavy atom. The molecule has 0 spiro atoms. The average molecular weight is 474 g/mol. The summed E-state index contributed by atoms with van der Waals surface area (Å²) in [6, 6.07) is 6.24. The first-order valence-corrected chi connectivity index (χ1v) is 13.9. The van der Waals surface area contributed by atoms with Crippen molar-refractivity contribution in [2.75, 3.05) is 39.1 Å². The summed E-state index contributed by atoms with van der Waals surface area (Å²) >= 11 is 0. The Balaban J connectivity index is 1.57. The number of rotatable bonds is 8. The second kappa shape index (κ2) is 10.4. The maximum atomic E-state index is 12.7. The SMILES string of the molecule is CS(=O)(=O)N(CC(=O)NCc1ccc(S(=O)(=O)N2CCOCC2)cc1)C1CCCCC1.